The van der Waals surface area contributed by atoms with Gasteiger partial charge in [0.05, 0.1) is 10.9 Å². The molecule has 0 aliphatic carbocycles. The second-order valence-corrected chi connectivity index (χ2v) is 7.45. The van der Waals surface area contributed by atoms with Crippen LogP contribution in [0.25, 0.3) is 16.6 Å². The van der Waals surface area contributed by atoms with Gasteiger partial charge in [0.25, 0.3) is 0 Å². The lowest BCUT2D eigenvalue weighted by Gasteiger charge is -2.47. The Balaban J connectivity index is 2.07. The molecule has 1 saturated heterocycles. The standard InChI is InChI=1S/C20H16F3N3O3/c1-20(24)8-25(9-20)17-14(22)6-12-16(15(17)23)26(7-13(18(12)27)19(28)29)11-4-2-10(21)3-5-11/h2-7H,8-9,24H2,1H3,(H,28,29). The molecule has 150 valence electrons. The molecule has 1 aliphatic rings. The third-order valence-electron chi connectivity index (χ3n) is 4.91. The molecule has 3 N–H and O–H groups in total. The molecule has 0 spiro atoms. The van der Waals surface area contributed by atoms with Gasteiger partial charge in [0.2, 0.25) is 5.43 Å². The van der Waals surface area contributed by atoms with E-state index in [4.69, 9.17) is 5.73 Å². The molecule has 1 aliphatic heterocycles. The number of carbonyl (C=O) groups is 1. The maximum absolute atomic E-state index is 15.5. The Labute approximate surface area is 162 Å². The monoisotopic (exact) mass is 403 g/mol. The molecule has 2 heterocycles. The Bertz CT molecular complexity index is 1210. The molecule has 0 bridgehead atoms. The first kappa shape index (κ1) is 19.0. The summed E-state index contributed by atoms with van der Waals surface area (Å²) >= 11 is 0. The van der Waals surface area contributed by atoms with Gasteiger partial charge in [-0.15, -0.1) is 0 Å². The number of rotatable bonds is 3. The van der Waals surface area contributed by atoms with E-state index in [1.807, 2.05) is 0 Å². The first-order chi connectivity index (χ1) is 13.6. The average Bonchev–Trinajstić information content (AvgIpc) is 2.61. The van der Waals surface area contributed by atoms with E-state index in [0.717, 1.165) is 29.0 Å². The number of halogens is 3. The number of benzene rings is 2. The number of hydrogen-bond acceptors (Lipinski definition) is 4. The minimum Gasteiger partial charge on any atom is -0.477 e. The van der Waals surface area contributed by atoms with Crippen LogP contribution in [0.3, 0.4) is 0 Å². The predicted octanol–water partition coefficient (Wildman–Crippen LogP) is 2.64. The van der Waals surface area contributed by atoms with E-state index in [0.29, 0.717) is 0 Å². The number of nitrogens with zero attached hydrogens (tertiary/aromatic N) is 2. The summed E-state index contributed by atoms with van der Waals surface area (Å²) in [6, 6.07) is 5.64. The number of aromatic carboxylic acids is 1. The SMILES string of the molecule is CC1(N)CN(c2c(F)cc3c(=O)c(C(=O)O)cn(-c4ccc(F)cc4)c3c2F)C1. The summed E-state index contributed by atoms with van der Waals surface area (Å²) in [4.78, 5) is 25.5. The second kappa shape index (κ2) is 6.35. The topological polar surface area (TPSA) is 88.6 Å². The van der Waals surface area contributed by atoms with Crippen LogP contribution in [-0.2, 0) is 0 Å². The molecule has 1 fully saturated rings. The molecule has 6 nitrogen and oxygen atoms in total. The quantitative estimate of drug-likeness (QED) is 0.702. The number of pyridine rings is 1. The van der Waals surface area contributed by atoms with Crippen LogP contribution in [0.5, 0.6) is 0 Å². The summed E-state index contributed by atoms with van der Waals surface area (Å²) in [5.41, 5.74) is 3.23. The van der Waals surface area contributed by atoms with Crippen molar-refractivity contribution in [1.29, 1.82) is 0 Å². The summed E-state index contributed by atoms with van der Waals surface area (Å²) in [5, 5.41) is 8.92. The van der Waals surface area contributed by atoms with Crippen molar-refractivity contribution in [3.8, 4) is 5.69 Å². The van der Waals surface area contributed by atoms with Crippen molar-refractivity contribution in [2.75, 3.05) is 18.0 Å². The molecule has 4 rings (SSSR count). The Morgan fingerprint density at radius 2 is 1.79 bits per heavy atom. The van der Waals surface area contributed by atoms with E-state index < -0.39 is 45.3 Å². The van der Waals surface area contributed by atoms with Crippen molar-refractivity contribution in [1.82, 2.24) is 4.57 Å². The van der Waals surface area contributed by atoms with Crippen molar-refractivity contribution >= 4 is 22.6 Å². The van der Waals surface area contributed by atoms with E-state index >= 15 is 4.39 Å². The number of anilines is 1. The minimum absolute atomic E-state index is 0.209. The van der Waals surface area contributed by atoms with Crippen LogP contribution in [-0.4, -0.2) is 34.3 Å². The van der Waals surface area contributed by atoms with Crippen LogP contribution in [0.15, 0.2) is 41.3 Å². The van der Waals surface area contributed by atoms with Gasteiger partial charge in [-0.05, 0) is 37.3 Å². The van der Waals surface area contributed by atoms with Gasteiger partial charge >= 0.3 is 5.97 Å². The maximum atomic E-state index is 15.5. The average molecular weight is 403 g/mol. The largest absolute Gasteiger partial charge is 0.477 e. The van der Waals surface area contributed by atoms with Crippen molar-refractivity contribution < 1.29 is 23.1 Å². The summed E-state index contributed by atoms with van der Waals surface area (Å²) < 4.78 is 44.7. The highest BCUT2D eigenvalue weighted by molar-refractivity contribution is 5.94. The van der Waals surface area contributed by atoms with Crippen molar-refractivity contribution in [3.05, 3.63) is 69.8 Å². The fraction of sp³-hybridized carbons (Fsp3) is 0.200. The van der Waals surface area contributed by atoms with E-state index in [1.54, 1.807) is 6.92 Å². The molecule has 0 amide bonds. The van der Waals surface area contributed by atoms with Gasteiger partial charge in [0.15, 0.2) is 5.82 Å². The first-order valence-corrected chi connectivity index (χ1v) is 8.69. The van der Waals surface area contributed by atoms with E-state index in [2.05, 4.69) is 0 Å². The van der Waals surface area contributed by atoms with Crippen molar-refractivity contribution in [3.63, 3.8) is 0 Å². The minimum atomic E-state index is -1.54. The summed E-state index contributed by atoms with van der Waals surface area (Å²) in [6.07, 6.45) is 0.953. The van der Waals surface area contributed by atoms with E-state index in [1.165, 1.54) is 17.0 Å². The summed E-state index contributed by atoms with van der Waals surface area (Å²) in [7, 11) is 0. The number of carboxylic acids is 1. The molecule has 0 unspecified atom stereocenters. The smallest absolute Gasteiger partial charge is 0.341 e. The van der Waals surface area contributed by atoms with E-state index in [9.17, 15) is 23.5 Å². The third-order valence-corrected chi connectivity index (χ3v) is 4.91. The Morgan fingerprint density at radius 1 is 1.17 bits per heavy atom. The molecule has 0 radical (unpaired) electrons. The van der Waals surface area contributed by atoms with Crippen LogP contribution >= 0.6 is 0 Å². The van der Waals surface area contributed by atoms with Gasteiger partial charge < -0.3 is 20.3 Å². The lowest BCUT2D eigenvalue weighted by molar-refractivity contribution is 0.0695. The Morgan fingerprint density at radius 3 is 2.34 bits per heavy atom. The van der Waals surface area contributed by atoms with Crippen LogP contribution < -0.4 is 16.1 Å². The van der Waals surface area contributed by atoms with Crippen LogP contribution in [0.4, 0.5) is 18.9 Å². The lowest BCUT2D eigenvalue weighted by Crippen LogP contribution is -2.66. The fourth-order valence-corrected chi connectivity index (χ4v) is 3.64. The van der Waals surface area contributed by atoms with Crippen LogP contribution in [0.1, 0.15) is 17.3 Å². The second-order valence-electron chi connectivity index (χ2n) is 7.45. The number of aromatic nitrogens is 1. The maximum Gasteiger partial charge on any atom is 0.341 e. The number of fused-ring (bicyclic) bond motifs is 1. The molecule has 0 saturated carbocycles. The highest BCUT2D eigenvalue weighted by atomic mass is 19.1. The van der Waals surface area contributed by atoms with Crippen LogP contribution in [0.2, 0.25) is 0 Å². The third kappa shape index (κ3) is 3.03. The Hall–Kier alpha value is -3.33. The normalized spacial score (nSPS) is 15.4. The molecule has 1 aromatic heterocycles. The van der Waals surface area contributed by atoms with Gasteiger partial charge in [-0.2, -0.15) is 0 Å². The van der Waals surface area contributed by atoms with Gasteiger partial charge in [-0.1, -0.05) is 0 Å². The highest BCUT2D eigenvalue weighted by Crippen LogP contribution is 2.35. The molecule has 0 atom stereocenters. The zero-order chi connectivity index (χ0) is 21.1. The van der Waals surface area contributed by atoms with Crippen molar-refractivity contribution in [2.24, 2.45) is 5.73 Å². The zero-order valence-corrected chi connectivity index (χ0v) is 15.2. The lowest BCUT2D eigenvalue weighted by atomic mass is 9.92. The first-order valence-electron chi connectivity index (χ1n) is 8.69. The van der Waals surface area contributed by atoms with Gasteiger partial charge in [0.1, 0.15) is 22.9 Å². The number of nitrogens with two attached hydrogens (primary N) is 1. The Kier molecular flexibility index (Phi) is 4.16. The molecular formula is C20H16F3N3O3. The van der Waals surface area contributed by atoms with E-state index in [-0.39, 0.29) is 30.0 Å². The molecule has 29 heavy (non-hydrogen) atoms. The molecule has 3 aromatic rings. The summed E-state index contributed by atoms with van der Waals surface area (Å²) in [5.74, 6) is -4.10. The van der Waals surface area contributed by atoms with Crippen LogP contribution in [0, 0.1) is 17.5 Å². The van der Waals surface area contributed by atoms with Gasteiger partial charge in [0, 0.05) is 30.5 Å². The highest BCUT2D eigenvalue weighted by Gasteiger charge is 2.38. The predicted molar refractivity (Wildman–Crippen MR) is 101 cm³/mol. The zero-order valence-electron chi connectivity index (χ0n) is 15.2. The summed E-state index contributed by atoms with van der Waals surface area (Å²) in [6.45, 7) is 2.16. The van der Waals surface area contributed by atoms with Gasteiger partial charge in [-0.3, -0.25) is 4.79 Å². The van der Waals surface area contributed by atoms with Gasteiger partial charge in [-0.25, -0.2) is 18.0 Å². The molecule has 2 aromatic carbocycles. The fourth-order valence-electron chi connectivity index (χ4n) is 3.64. The molecule has 9 heteroatoms. The number of hydrogen-bond donors (Lipinski definition) is 2. The number of carboxylic acid groups (broad SMARTS) is 1. The van der Waals surface area contributed by atoms with Crippen molar-refractivity contribution in [2.45, 2.75) is 12.5 Å². The molecular weight excluding hydrogens is 387 g/mol.